The van der Waals surface area contributed by atoms with Crippen LogP contribution < -0.4 is 29.4 Å². The van der Waals surface area contributed by atoms with E-state index in [0.29, 0.717) is 0 Å². The molecule has 0 unspecified atom stereocenters. The van der Waals surface area contributed by atoms with Crippen LogP contribution in [0.25, 0.3) is 32.3 Å². The molecule has 0 atom stereocenters. The van der Waals surface area contributed by atoms with Gasteiger partial charge >= 0.3 is 0 Å². The smallest absolute Gasteiger partial charge is 0.0564 e. The molecule has 2 aliphatic heterocycles. The third kappa shape index (κ3) is 9.97. The molecule has 482 valence electrons. The summed E-state index contributed by atoms with van der Waals surface area (Å²) in [5.74, 6) is 0.209. The highest BCUT2D eigenvalue weighted by Gasteiger charge is 2.39. The number of benzene rings is 14. The number of fused-ring (bicyclic) bond motifs is 16. The number of anilines is 18. The molecule has 0 aliphatic carbocycles. The third-order valence-electron chi connectivity index (χ3n) is 20.6. The molecule has 0 saturated heterocycles. The lowest BCUT2D eigenvalue weighted by molar-refractivity contribution is 0.801. The lowest BCUT2D eigenvalue weighted by atomic mass is 9.73. The summed E-state index contributed by atoms with van der Waals surface area (Å²) in [5.41, 5.74) is 29.9. The summed E-state index contributed by atoms with van der Waals surface area (Å²) in [7, 11) is 0. The number of hydrogen-bond donors (Lipinski definition) is 0. The third-order valence-corrected chi connectivity index (χ3v) is 20.6. The average Bonchev–Trinajstić information content (AvgIpc) is 0.671. The molecule has 2 aliphatic rings. The van der Waals surface area contributed by atoms with Gasteiger partial charge in [0.05, 0.1) is 22.7 Å². The van der Waals surface area contributed by atoms with Crippen LogP contribution in [-0.2, 0) is 0 Å². The van der Waals surface area contributed by atoms with Crippen LogP contribution in [0.5, 0.6) is 0 Å². The summed E-state index contributed by atoms with van der Waals surface area (Å²) < 4.78 is 0. The molecule has 14 aromatic rings. The topological polar surface area (TPSA) is 19.4 Å². The van der Waals surface area contributed by atoms with Gasteiger partial charge in [-0.1, -0.05) is 189 Å². The quantitative estimate of drug-likeness (QED) is 0.126. The molecular formula is C92H84N6. The standard InChI is InChI=1S/C92H84N6/c1-57(2)83-84(58(3)4)88-80-56-82(98(78-50-26-22-34-64(78)12)74-46-30-42-70(54-74)94(66-37-17-14-18-38-66)68-40-28-44-72(52-68)96(80)76-48-24-20-32-62(76)10)90-86(60(7)8)85(59(5)6)89-81-55-79(87(83)91(89)92(88)90)95(75-47-23-19-31-61(75)9)71-43-27-39-67(51-71)93(65-35-15-13-16-36-65)69-41-29-45-73(53-69)97(81)77-49-25-21-33-63(77)11/h13-60H,1-12H3. The Kier molecular flexibility index (Phi) is 15.5. The van der Waals surface area contributed by atoms with Crippen LogP contribution in [0.1, 0.15) is 124 Å². The van der Waals surface area contributed by atoms with Gasteiger partial charge in [-0.3, -0.25) is 0 Å². The summed E-state index contributed by atoms with van der Waals surface area (Å²) in [5, 5.41) is 7.66. The van der Waals surface area contributed by atoms with E-state index in [1.807, 2.05) is 0 Å². The van der Waals surface area contributed by atoms with Crippen molar-refractivity contribution in [3.8, 4) is 0 Å². The lowest BCUT2D eigenvalue weighted by Crippen LogP contribution is -2.21. The van der Waals surface area contributed by atoms with Gasteiger partial charge in [0.25, 0.3) is 0 Å². The minimum Gasteiger partial charge on any atom is -0.310 e. The summed E-state index contributed by atoms with van der Waals surface area (Å²) in [6.07, 6.45) is 0. The Labute approximate surface area is 578 Å². The highest BCUT2D eigenvalue weighted by molar-refractivity contribution is 6.36. The molecule has 0 aromatic heterocycles. The minimum absolute atomic E-state index is 0.0522. The zero-order chi connectivity index (χ0) is 67.4. The summed E-state index contributed by atoms with van der Waals surface area (Å²) in [6.45, 7) is 28.8. The Balaban J connectivity index is 1.23. The predicted octanol–water partition coefficient (Wildman–Crippen LogP) is 27.8. The van der Waals surface area contributed by atoms with Crippen LogP contribution in [0.15, 0.2) is 267 Å². The second kappa shape index (κ2) is 24.5. The van der Waals surface area contributed by atoms with Gasteiger partial charge in [-0.15, -0.1) is 0 Å². The largest absolute Gasteiger partial charge is 0.310 e. The van der Waals surface area contributed by atoms with E-state index < -0.39 is 0 Å². The predicted molar refractivity (Wildman–Crippen MR) is 421 cm³/mol. The average molecular weight is 1270 g/mol. The Hall–Kier alpha value is -11.1. The van der Waals surface area contributed by atoms with Gasteiger partial charge in [0, 0.05) is 112 Å². The minimum atomic E-state index is 0.0522. The number of rotatable bonds is 10. The van der Waals surface area contributed by atoms with Gasteiger partial charge in [0.1, 0.15) is 0 Å². The van der Waals surface area contributed by atoms with Crippen molar-refractivity contribution >= 4 is 135 Å². The van der Waals surface area contributed by atoms with Crippen LogP contribution in [0.4, 0.5) is 102 Å². The highest BCUT2D eigenvalue weighted by atomic mass is 15.2. The molecule has 0 N–H and O–H groups in total. The van der Waals surface area contributed by atoms with Gasteiger partial charge in [0.15, 0.2) is 0 Å². The van der Waals surface area contributed by atoms with Crippen molar-refractivity contribution in [2.24, 2.45) is 0 Å². The first-order valence-corrected chi connectivity index (χ1v) is 35.1. The van der Waals surface area contributed by atoms with Crippen LogP contribution >= 0.6 is 0 Å². The highest BCUT2D eigenvalue weighted by Crippen LogP contribution is 2.63. The van der Waals surface area contributed by atoms with Crippen molar-refractivity contribution in [2.45, 2.75) is 107 Å². The molecular weight excluding hydrogens is 1190 g/mol. The summed E-state index contributed by atoms with van der Waals surface area (Å²) in [4.78, 5) is 15.4. The maximum atomic E-state index is 2.64. The fourth-order valence-corrected chi connectivity index (χ4v) is 16.6. The Bertz CT molecular complexity index is 4770. The van der Waals surface area contributed by atoms with Gasteiger partial charge in [0.2, 0.25) is 0 Å². The molecule has 14 aromatic carbocycles. The van der Waals surface area contributed by atoms with Crippen molar-refractivity contribution in [1.29, 1.82) is 0 Å². The number of para-hydroxylation sites is 6. The first kappa shape index (κ1) is 61.8. The van der Waals surface area contributed by atoms with Gasteiger partial charge in [-0.2, -0.15) is 0 Å². The molecule has 0 spiro atoms. The Morgan fingerprint density at radius 1 is 0.173 bits per heavy atom. The maximum Gasteiger partial charge on any atom is 0.0564 e. The summed E-state index contributed by atoms with van der Waals surface area (Å²) >= 11 is 0. The zero-order valence-electron chi connectivity index (χ0n) is 58.4. The fraction of sp³-hybridized carbons (Fsp3) is 0.174. The van der Waals surface area contributed by atoms with Crippen LogP contribution in [0.3, 0.4) is 0 Å². The van der Waals surface area contributed by atoms with E-state index >= 15 is 0 Å². The number of nitrogens with zero attached hydrogens (tertiary/aromatic N) is 6. The molecule has 98 heavy (non-hydrogen) atoms. The van der Waals surface area contributed by atoms with E-state index in [-0.39, 0.29) is 23.7 Å². The van der Waals surface area contributed by atoms with Crippen LogP contribution in [0.2, 0.25) is 0 Å². The Morgan fingerprint density at radius 3 is 0.582 bits per heavy atom. The monoisotopic (exact) mass is 1270 g/mol. The van der Waals surface area contributed by atoms with E-state index in [2.05, 4.69) is 379 Å². The fourth-order valence-electron chi connectivity index (χ4n) is 16.6. The van der Waals surface area contributed by atoms with E-state index in [1.165, 1.54) is 76.8 Å². The van der Waals surface area contributed by atoms with Gasteiger partial charge in [-0.25, -0.2) is 0 Å². The Morgan fingerprint density at radius 2 is 0.367 bits per heavy atom. The van der Waals surface area contributed by atoms with Crippen LogP contribution in [-0.4, -0.2) is 0 Å². The van der Waals surface area contributed by atoms with Crippen LogP contribution in [0, 0.1) is 27.7 Å². The maximum absolute atomic E-state index is 2.64. The second-order valence-corrected chi connectivity index (χ2v) is 28.3. The molecule has 6 heteroatoms. The molecule has 0 fully saturated rings. The second-order valence-electron chi connectivity index (χ2n) is 28.3. The van der Waals surface area contributed by atoms with E-state index in [1.54, 1.807) is 0 Å². The first-order valence-electron chi connectivity index (χ1n) is 35.1. The molecule has 16 rings (SSSR count). The van der Waals surface area contributed by atoms with Crippen molar-refractivity contribution in [2.75, 3.05) is 29.4 Å². The normalized spacial score (nSPS) is 13.1. The van der Waals surface area contributed by atoms with Crippen molar-refractivity contribution in [3.05, 3.63) is 311 Å². The molecule has 12 bridgehead atoms. The molecule has 0 radical (unpaired) electrons. The number of hydrogen-bond acceptors (Lipinski definition) is 6. The molecule has 0 saturated carbocycles. The SMILES string of the molecule is Cc1ccccc1N1c2cccc(c2)N(c2ccccc2)c2cccc(c2)N(c2ccccc2C)c2cc1c1c(C(C)C)c(C(C)C)c3c4cc(c5c(C(C)C)c(C(C)C)c2c1c35)N(c1ccccc1C)c1cccc(c1)N(c1ccccc1)c1cccc(c1)N4c1ccccc1C. The van der Waals surface area contributed by atoms with Gasteiger partial charge in [-0.05, 0) is 229 Å². The van der Waals surface area contributed by atoms with Crippen molar-refractivity contribution < 1.29 is 0 Å². The molecule has 0 amide bonds. The van der Waals surface area contributed by atoms with Crippen molar-refractivity contribution in [1.82, 2.24) is 0 Å². The first-order chi connectivity index (χ1) is 47.7. The van der Waals surface area contributed by atoms with E-state index in [9.17, 15) is 0 Å². The zero-order valence-corrected chi connectivity index (χ0v) is 58.4. The number of aryl methyl sites for hydroxylation is 4. The van der Waals surface area contributed by atoms with E-state index in [0.717, 1.165) is 102 Å². The molecule has 6 nitrogen and oxygen atoms in total. The molecule has 2 heterocycles. The van der Waals surface area contributed by atoms with Gasteiger partial charge < -0.3 is 29.4 Å². The summed E-state index contributed by atoms with van der Waals surface area (Å²) in [6, 6.07) is 101. The van der Waals surface area contributed by atoms with E-state index in [4.69, 9.17) is 0 Å². The lowest BCUT2D eigenvalue weighted by Gasteiger charge is -2.40. The van der Waals surface area contributed by atoms with Crippen molar-refractivity contribution in [3.63, 3.8) is 0 Å².